The minimum atomic E-state index is -1.29. The summed E-state index contributed by atoms with van der Waals surface area (Å²) in [4.78, 5) is 12.4. The predicted octanol–water partition coefficient (Wildman–Crippen LogP) is 2.48. The van der Waals surface area contributed by atoms with Crippen molar-refractivity contribution in [3.05, 3.63) is 29.8 Å². The average Bonchev–Trinajstić information content (AvgIpc) is 2.29. The van der Waals surface area contributed by atoms with E-state index >= 15 is 0 Å². The van der Waals surface area contributed by atoms with E-state index in [1.807, 2.05) is 24.3 Å². The number of aliphatic hydroxyl groups is 1. The van der Waals surface area contributed by atoms with E-state index in [2.05, 4.69) is 0 Å². The molecule has 1 aliphatic rings. The first-order valence-electron chi connectivity index (χ1n) is 5.58. The smallest absolute Gasteiger partial charge is 0.312 e. The van der Waals surface area contributed by atoms with Gasteiger partial charge in [-0.25, -0.2) is 0 Å². The summed E-state index contributed by atoms with van der Waals surface area (Å²) >= 11 is 1.67. The summed E-state index contributed by atoms with van der Waals surface area (Å²) in [6.45, 7) is 3.17. The van der Waals surface area contributed by atoms with E-state index in [9.17, 15) is 15.0 Å². The summed E-state index contributed by atoms with van der Waals surface area (Å²) in [7, 11) is 0. The van der Waals surface area contributed by atoms with Crippen molar-refractivity contribution in [2.75, 3.05) is 5.75 Å². The van der Waals surface area contributed by atoms with Gasteiger partial charge in [-0.15, -0.1) is 11.8 Å². The third kappa shape index (κ3) is 1.76. The summed E-state index contributed by atoms with van der Waals surface area (Å²) < 4.78 is 0. The fourth-order valence-corrected chi connectivity index (χ4v) is 3.39. The molecule has 1 aromatic carbocycles. The van der Waals surface area contributed by atoms with Crippen LogP contribution in [0.3, 0.4) is 0 Å². The molecular formula is C13H16O3S. The van der Waals surface area contributed by atoms with E-state index in [0.29, 0.717) is 6.42 Å². The first-order valence-corrected chi connectivity index (χ1v) is 6.56. The molecule has 0 saturated carbocycles. The van der Waals surface area contributed by atoms with Crippen LogP contribution in [-0.2, 0) is 10.4 Å². The minimum absolute atomic E-state index is 0.466. The zero-order valence-electron chi connectivity index (χ0n) is 9.93. The highest BCUT2D eigenvalue weighted by Crippen LogP contribution is 2.49. The molecule has 0 bridgehead atoms. The van der Waals surface area contributed by atoms with E-state index < -0.39 is 17.0 Å². The molecule has 17 heavy (non-hydrogen) atoms. The molecule has 3 nitrogen and oxygen atoms in total. The maximum absolute atomic E-state index is 11.4. The molecule has 0 aromatic heterocycles. The van der Waals surface area contributed by atoms with Crippen molar-refractivity contribution in [1.29, 1.82) is 0 Å². The summed E-state index contributed by atoms with van der Waals surface area (Å²) in [5.41, 5.74) is -1.74. The first kappa shape index (κ1) is 12.5. The lowest BCUT2D eigenvalue weighted by molar-refractivity contribution is -0.167. The Balaban J connectivity index is 2.57. The first-order chi connectivity index (χ1) is 7.89. The van der Waals surface area contributed by atoms with Gasteiger partial charge in [-0.3, -0.25) is 4.79 Å². The normalized spacial score (nSPS) is 24.2. The lowest BCUT2D eigenvalue weighted by Crippen LogP contribution is -2.49. The third-order valence-electron chi connectivity index (χ3n) is 3.62. The van der Waals surface area contributed by atoms with Crippen LogP contribution in [0.2, 0.25) is 0 Å². The van der Waals surface area contributed by atoms with Crippen LogP contribution in [0.5, 0.6) is 0 Å². The predicted molar refractivity (Wildman–Crippen MR) is 67.1 cm³/mol. The lowest BCUT2D eigenvalue weighted by atomic mass is 9.69. The van der Waals surface area contributed by atoms with Gasteiger partial charge in [0.05, 0.1) is 5.41 Å². The van der Waals surface area contributed by atoms with Gasteiger partial charge in [-0.05, 0) is 31.9 Å². The molecule has 0 amide bonds. The minimum Gasteiger partial charge on any atom is -0.481 e. The second-order valence-corrected chi connectivity index (χ2v) is 6.02. The van der Waals surface area contributed by atoms with Crippen molar-refractivity contribution in [2.45, 2.75) is 30.8 Å². The molecule has 0 saturated heterocycles. The second-order valence-electron chi connectivity index (χ2n) is 4.89. The second kappa shape index (κ2) is 4.03. The van der Waals surface area contributed by atoms with Crippen molar-refractivity contribution in [3.63, 3.8) is 0 Å². The summed E-state index contributed by atoms with van der Waals surface area (Å²) in [6.07, 6.45) is 0.466. The molecule has 0 spiro atoms. The molecule has 1 unspecified atom stereocenters. The Morgan fingerprint density at radius 2 is 2.06 bits per heavy atom. The zero-order valence-corrected chi connectivity index (χ0v) is 10.8. The fourth-order valence-electron chi connectivity index (χ4n) is 2.20. The Kier molecular flexibility index (Phi) is 2.96. The number of fused-ring (bicyclic) bond motifs is 1. The summed E-state index contributed by atoms with van der Waals surface area (Å²) in [5, 5.41) is 20.1. The van der Waals surface area contributed by atoms with E-state index in [1.165, 1.54) is 0 Å². The van der Waals surface area contributed by atoms with Gasteiger partial charge in [-0.1, -0.05) is 18.2 Å². The number of rotatable bonds is 2. The van der Waals surface area contributed by atoms with Crippen LogP contribution in [-0.4, -0.2) is 21.9 Å². The number of carboxylic acids is 1. The van der Waals surface area contributed by atoms with Crippen LogP contribution in [0.4, 0.5) is 0 Å². The molecule has 0 aliphatic carbocycles. The van der Waals surface area contributed by atoms with Crippen LogP contribution in [0.25, 0.3) is 0 Å². The van der Waals surface area contributed by atoms with Crippen LogP contribution >= 0.6 is 11.8 Å². The summed E-state index contributed by atoms with van der Waals surface area (Å²) in [6, 6.07) is 7.51. The summed E-state index contributed by atoms with van der Waals surface area (Å²) in [5.74, 6) is -0.230. The molecule has 1 atom stereocenters. The monoisotopic (exact) mass is 252 g/mol. The Hall–Kier alpha value is -1.00. The van der Waals surface area contributed by atoms with Crippen molar-refractivity contribution in [1.82, 2.24) is 0 Å². The van der Waals surface area contributed by atoms with Crippen molar-refractivity contribution < 1.29 is 15.0 Å². The number of thioether (sulfide) groups is 1. The highest BCUT2D eigenvalue weighted by Gasteiger charge is 2.52. The number of carbonyl (C=O) groups is 1. The van der Waals surface area contributed by atoms with Crippen molar-refractivity contribution >= 4 is 17.7 Å². The standard InChI is InChI=1S/C13H16O3S/c1-12(2,11(14)15)13(16)7-8-17-10-6-4-3-5-9(10)13/h3-6,16H,7-8H2,1-2H3,(H,14,15). The topological polar surface area (TPSA) is 57.5 Å². The molecule has 2 N–H and O–H groups in total. The highest BCUT2D eigenvalue weighted by molar-refractivity contribution is 7.99. The molecular weight excluding hydrogens is 236 g/mol. The Morgan fingerprint density at radius 1 is 1.41 bits per heavy atom. The van der Waals surface area contributed by atoms with E-state index in [1.54, 1.807) is 25.6 Å². The van der Waals surface area contributed by atoms with Crippen LogP contribution < -0.4 is 0 Å². The van der Waals surface area contributed by atoms with Gasteiger partial charge in [0.15, 0.2) is 0 Å². The number of benzene rings is 1. The maximum Gasteiger partial charge on any atom is 0.312 e. The van der Waals surface area contributed by atoms with Gasteiger partial charge in [0.2, 0.25) is 0 Å². The largest absolute Gasteiger partial charge is 0.481 e. The Morgan fingerprint density at radius 3 is 2.71 bits per heavy atom. The van der Waals surface area contributed by atoms with Gasteiger partial charge in [0.1, 0.15) is 5.60 Å². The Labute approximate surface area is 105 Å². The molecule has 1 aliphatic heterocycles. The average molecular weight is 252 g/mol. The SMILES string of the molecule is CC(C)(C(=O)O)C1(O)CCSc2ccccc21. The number of aliphatic carboxylic acids is 1. The van der Waals surface area contributed by atoms with Gasteiger partial charge in [-0.2, -0.15) is 0 Å². The van der Waals surface area contributed by atoms with Gasteiger partial charge < -0.3 is 10.2 Å². The van der Waals surface area contributed by atoms with E-state index in [-0.39, 0.29) is 0 Å². The van der Waals surface area contributed by atoms with Crippen LogP contribution in [0, 0.1) is 5.41 Å². The highest BCUT2D eigenvalue weighted by atomic mass is 32.2. The molecule has 92 valence electrons. The van der Waals surface area contributed by atoms with Crippen molar-refractivity contribution in [2.24, 2.45) is 5.41 Å². The maximum atomic E-state index is 11.4. The van der Waals surface area contributed by atoms with Gasteiger partial charge in [0, 0.05) is 10.6 Å². The quantitative estimate of drug-likeness (QED) is 0.849. The lowest BCUT2D eigenvalue weighted by Gasteiger charge is -2.43. The zero-order chi connectivity index (χ0) is 12.7. The number of carboxylic acid groups (broad SMARTS) is 1. The Bertz CT molecular complexity index is 456. The van der Waals surface area contributed by atoms with Crippen LogP contribution in [0.1, 0.15) is 25.8 Å². The molecule has 1 aromatic rings. The van der Waals surface area contributed by atoms with E-state index in [0.717, 1.165) is 16.2 Å². The molecule has 4 heteroatoms. The van der Waals surface area contributed by atoms with Crippen LogP contribution in [0.15, 0.2) is 29.2 Å². The molecule has 1 heterocycles. The number of hydrogen-bond acceptors (Lipinski definition) is 3. The number of hydrogen-bond donors (Lipinski definition) is 2. The molecule has 2 rings (SSSR count). The molecule has 0 radical (unpaired) electrons. The van der Waals surface area contributed by atoms with Gasteiger partial charge >= 0.3 is 5.97 Å². The fraction of sp³-hybridized carbons (Fsp3) is 0.462. The van der Waals surface area contributed by atoms with E-state index in [4.69, 9.17) is 0 Å². The van der Waals surface area contributed by atoms with Crippen molar-refractivity contribution in [3.8, 4) is 0 Å². The van der Waals surface area contributed by atoms with Gasteiger partial charge in [0.25, 0.3) is 0 Å². The third-order valence-corrected chi connectivity index (χ3v) is 4.70. The molecule has 0 fully saturated rings.